The Morgan fingerprint density at radius 3 is 2.08 bits per heavy atom. The fourth-order valence-corrected chi connectivity index (χ4v) is 2.33. The molecular weight excluding hydrogens is 328 g/mol. The Morgan fingerprint density at radius 1 is 1.08 bits per heavy atom. The van der Waals surface area contributed by atoms with Gasteiger partial charge >= 0.3 is 5.97 Å². The molecule has 1 unspecified atom stereocenters. The summed E-state index contributed by atoms with van der Waals surface area (Å²) < 4.78 is 10.8. The van der Waals surface area contributed by atoms with Crippen LogP contribution in [0.3, 0.4) is 0 Å². The van der Waals surface area contributed by atoms with Crippen molar-refractivity contribution in [1.82, 2.24) is 0 Å². The molecular formula is C19H21ClO4. The van der Waals surface area contributed by atoms with Crippen molar-refractivity contribution < 1.29 is 19.4 Å². The Balaban J connectivity index is 2.04. The standard InChI is InChI=1S/C19H21ClO4/c1-13(2)23-18(21)12-19(3,22)14-4-8-16(9-5-14)24-17-10-6-15(20)7-11-17/h4-11,13,22H,12H2,1-3H3. The van der Waals surface area contributed by atoms with Gasteiger partial charge in [0.2, 0.25) is 0 Å². The molecule has 2 aromatic rings. The van der Waals surface area contributed by atoms with Crippen molar-refractivity contribution in [1.29, 1.82) is 0 Å². The van der Waals surface area contributed by atoms with Gasteiger partial charge < -0.3 is 14.6 Å². The Bertz CT molecular complexity index is 676. The van der Waals surface area contributed by atoms with E-state index in [1.165, 1.54) is 0 Å². The molecule has 4 nitrogen and oxygen atoms in total. The minimum atomic E-state index is -1.30. The zero-order valence-electron chi connectivity index (χ0n) is 14.0. The molecule has 0 aliphatic rings. The number of esters is 1. The van der Waals surface area contributed by atoms with Crippen LogP contribution in [0.5, 0.6) is 11.5 Å². The normalized spacial score (nSPS) is 13.4. The highest BCUT2D eigenvalue weighted by atomic mass is 35.5. The van der Waals surface area contributed by atoms with E-state index in [9.17, 15) is 9.90 Å². The molecule has 0 aliphatic carbocycles. The maximum atomic E-state index is 11.8. The van der Waals surface area contributed by atoms with Crippen molar-refractivity contribution in [3.8, 4) is 11.5 Å². The van der Waals surface area contributed by atoms with Gasteiger partial charge in [0, 0.05) is 5.02 Å². The highest BCUT2D eigenvalue weighted by molar-refractivity contribution is 6.30. The number of halogens is 1. The second-order valence-corrected chi connectivity index (χ2v) is 6.51. The van der Waals surface area contributed by atoms with Crippen molar-refractivity contribution in [2.45, 2.75) is 38.9 Å². The third kappa shape index (κ3) is 5.25. The van der Waals surface area contributed by atoms with Crippen LogP contribution in [0.4, 0.5) is 0 Å². The summed E-state index contributed by atoms with van der Waals surface area (Å²) in [5, 5.41) is 11.2. The number of carbonyl (C=O) groups excluding carboxylic acids is 1. The van der Waals surface area contributed by atoms with Crippen molar-refractivity contribution >= 4 is 17.6 Å². The van der Waals surface area contributed by atoms with Gasteiger partial charge in [-0.2, -0.15) is 0 Å². The van der Waals surface area contributed by atoms with E-state index in [-0.39, 0.29) is 12.5 Å². The van der Waals surface area contributed by atoms with Crippen molar-refractivity contribution in [2.75, 3.05) is 0 Å². The van der Waals surface area contributed by atoms with Crippen LogP contribution in [0.25, 0.3) is 0 Å². The first kappa shape index (κ1) is 18.3. The van der Waals surface area contributed by atoms with E-state index >= 15 is 0 Å². The Morgan fingerprint density at radius 2 is 1.58 bits per heavy atom. The molecule has 0 bridgehead atoms. The van der Waals surface area contributed by atoms with Gasteiger partial charge in [-0.05, 0) is 62.7 Å². The lowest BCUT2D eigenvalue weighted by atomic mass is 9.92. The number of carbonyl (C=O) groups is 1. The summed E-state index contributed by atoms with van der Waals surface area (Å²) in [4.78, 5) is 11.8. The Hall–Kier alpha value is -2.04. The SMILES string of the molecule is CC(C)OC(=O)CC(C)(O)c1ccc(Oc2ccc(Cl)cc2)cc1. The van der Waals surface area contributed by atoms with E-state index in [0.29, 0.717) is 22.1 Å². The Kier molecular flexibility index (Phi) is 5.86. The zero-order valence-corrected chi connectivity index (χ0v) is 14.7. The summed E-state index contributed by atoms with van der Waals surface area (Å²) in [6, 6.07) is 14.0. The number of aliphatic hydroxyl groups is 1. The molecule has 2 aromatic carbocycles. The molecule has 1 atom stereocenters. The lowest BCUT2D eigenvalue weighted by Gasteiger charge is -2.23. The molecule has 0 heterocycles. The minimum absolute atomic E-state index is 0.109. The maximum Gasteiger partial charge on any atom is 0.309 e. The summed E-state index contributed by atoms with van der Waals surface area (Å²) in [6.45, 7) is 5.13. The summed E-state index contributed by atoms with van der Waals surface area (Å²) in [5.41, 5.74) is -0.684. The van der Waals surface area contributed by atoms with Gasteiger partial charge in [0.25, 0.3) is 0 Å². The highest BCUT2D eigenvalue weighted by Crippen LogP contribution is 2.29. The van der Waals surface area contributed by atoms with Crippen LogP contribution in [0.15, 0.2) is 48.5 Å². The van der Waals surface area contributed by atoms with Crippen LogP contribution in [0, 0.1) is 0 Å². The Labute approximate surface area is 147 Å². The predicted octanol–water partition coefficient (Wildman–Crippen LogP) is 4.68. The fraction of sp³-hybridized carbons (Fsp3) is 0.316. The minimum Gasteiger partial charge on any atom is -0.463 e. The maximum absolute atomic E-state index is 11.8. The number of hydrogen-bond donors (Lipinski definition) is 1. The van der Waals surface area contributed by atoms with Crippen molar-refractivity contribution in [3.05, 3.63) is 59.1 Å². The van der Waals surface area contributed by atoms with E-state index < -0.39 is 11.6 Å². The van der Waals surface area contributed by atoms with Crippen LogP contribution in [0.2, 0.25) is 5.02 Å². The van der Waals surface area contributed by atoms with Crippen LogP contribution in [-0.2, 0) is 15.1 Å². The first-order valence-electron chi connectivity index (χ1n) is 7.72. The summed E-state index contributed by atoms with van der Waals surface area (Å²) in [7, 11) is 0. The smallest absolute Gasteiger partial charge is 0.309 e. The van der Waals surface area contributed by atoms with Crippen LogP contribution < -0.4 is 4.74 Å². The quantitative estimate of drug-likeness (QED) is 0.770. The number of hydrogen-bond acceptors (Lipinski definition) is 4. The molecule has 5 heteroatoms. The second-order valence-electron chi connectivity index (χ2n) is 6.07. The third-order valence-electron chi connectivity index (χ3n) is 3.38. The molecule has 0 aromatic heterocycles. The number of rotatable bonds is 6. The van der Waals surface area contributed by atoms with Gasteiger partial charge in [0.05, 0.1) is 18.1 Å². The zero-order chi connectivity index (χ0) is 17.7. The van der Waals surface area contributed by atoms with Crippen LogP contribution in [0.1, 0.15) is 32.8 Å². The monoisotopic (exact) mass is 348 g/mol. The number of benzene rings is 2. The van der Waals surface area contributed by atoms with Gasteiger partial charge in [0.15, 0.2) is 0 Å². The average molecular weight is 349 g/mol. The third-order valence-corrected chi connectivity index (χ3v) is 3.63. The predicted molar refractivity (Wildman–Crippen MR) is 93.4 cm³/mol. The first-order chi connectivity index (χ1) is 11.3. The van der Waals surface area contributed by atoms with E-state index in [1.807, 2.05) is 0 Å². The molecule has 0 amide bonds. The number of ether oxygens (including phenoxy) is 2. The summed E-state index contributed by atoms with van der Waals surface area (Å²) in [6.07, 6.45) is -0.314. The van der Waals surface area contributed by atoms with Crippen molar-refractivity contribution in [3.63, 3.8) is 0 Å². The lowest BCUT2D eigenvalue weighted by molar-refractivity contribution is -0.152. The fourth-order valence-electron chi connectivity index (χ4n) is 2.21. The largest absolute Gasteiger partial charge is 0.463 e. The summed E-state index contributed by atoms with van der Waals surface area (Å²) >= 11 is 5.84. The average Bonchev–Trinajstić information content (AvgIpc) is 2.48. The van der Waals surface area contributed by atoms with Gasteiger partial charge in [-0.15, -0.1) is 0 Å². The van der Waals surface area contributed by atoms with E-state index in [0.717, 1.165) is 0 Å². The van der Waals surface area contributed by atoms with Crippen molar-refractivity contribution in [2.24, 2.45) is 0 Å². The van der Waals surface area contributed by atoms with Gasteiger partial charge in [-0.3, -0.25) is 4.79 Å². The molecule has 2 rings (SSSR count). The summed E-state index contributed by atoms with van der Waals surface area (Å²) in [5.74, 6) is 0.859. The van der Waals surface area contributed by atoms with Gasteiger partial charge in [-0.1, -0.05) is 23.7 Å². The highest BCUT2D eigenvalue weighted by Gasteiger charge is 2.28. The lowest BCUT2D eigenvalue weighted by Crippen LogP contribution is -2.27. The van der Waals surface area contributed by atoms with Crippen LogP contribution in [-0.4, -0.2) is 17.2 Å². The molecule has 0 fully saturated rings. The van der Waals surface area contributed by atoms with Crippen LogP contribution >= 0.6 is 11.6 Å². The van der Waals surface area contributed by atoms with Gasteiger partial charge in [0.1, 0.15) is 11.5 Å². The molecule has 0 saturated heterocycles. The second kappa shape index (κ2) is 7.69. The molecule has 0 saturated carbocycles. The molecule has 0 aliphatic heterocycles. The first-order valence-corrected chi connectivity index (χ1v) is 8.10. The molecule has 1 N–H and O–H groups in total. The van der Waals surface area contributed by atoms with E-state index in [1.54, 1.807) is 69.3 Å². The van der Waals surface area contributed by atoms with E-state index in [2.05, 4.69) is 0 Å². The van der Waals surface area contributed by atoms with Gasteiger partial charge in [-0.25, -0.2) is 0 Å². The topological polar surface area (TPSA) is 55.8 Å². The molecule has 0 spiro atoms. The van der Waals surface area contributed by atoms with E-state index in [4.69, 9.17) is 21.1 Å². The molecule has 128 valence electrons. The molecule has 0 radical (unpaired) electrons. The molecule has 24 heavy (non-hydrogen) atoms.